The first-order chi connectivity index (χ1) is 10.2. The molecule has 4 heteroatoms. The number of hydrogen-bond acceptors (Lipinski definition) is 2. The fourth-order valence-corrected chi connectivity index (χ4v) is 3.55. The molecule has 2 aromatic rings. The highest BCUT2D eigenvalue weighted by Crippen LogP contribution is 2.40. The molecule has 0 spiro atoms. The summed E-state index contributed by atoms with van der Waals surface area (Å²) in [5, 5.41) is 0. The first-order valence-electron chi connectivity index (χ1n) is 7.08. The number of hydrogen-bond donors (Lipinski definition) is 0. The van der Waals surface area contributed by atoms with Gasteiger partial charge >= 0.3 is 0 Å². The molecular weight excluding hydrogens is 282 g/mol. The SMILES string of the molecule is [B]c1ccc2c(c1)Cc1cc(C3(CCl)OCCO3)ccc1-2. The van der Waals surface area contributed by atoms with E-state index in [9.17, 15) is 0 Å². The van der Waals surface area contributed by atoms with E-state index in [4.69, 9.17) is 28.9 Å². The summed E-state index contributed by atoms with van der Waals surface area (Å²) in [6, 6.07) is 12.4. The van der Waals surface area contributed by atoms with Gasteiger partial charge in [0.2, 0.25) is 5.79 Å². The largest absolute Gasteiger partial charge is 0.342 e. The molecule has 1 aliphatic carbocycles. The van der Waals surface area contributed by atoms with Crippen LogP contribution in [0.4, 0.5) is 0 Å². The van der Waals surface area contributed by atoms with Crippen LogP contribution in [-0.4, -0.2) is 26.9 Å². The van der Waals surface area contributed by atoms with Gasteiger partial charge in [0.1, 0.15) is 7.85 Å². The lowest BCUT2D eigenvalue weighted by molar-refractivity contribution is -0.146. The van der Waals surface area contributed by atoms with Gasteiger partial charge in [-0.25, -0.2) is 0 Å². The molecular formula is C17H14BClO2. The Morgan fingerprint density at radius 1 is 1.00 bits per heavy atom. The van der Waals surface area contributed by atoms with Gasteiger partial charge in [0.05, 0.1) is 19.1 Å². The summed E-state index contributed by atoms with van der Waals surface area (Å²) in [5.74, 6) is -0.490. The highest BCUT2D eigenvalue weighted by molar-refractivity contribution is 6.32. The molecule has 0 saturated carbocycles. The number of fused-ring (bicyclic) bond motifs is 3. The second kappa shape index (κ2) is 4.87. The number of halogens is 1. The fourth-order valence-electron chi connectivity index (χ4n) is 3.24. The lowest BCUT2D eigenvalue weighted by atomic mass is 9.92. The van der Waals surface area contributed by atoms with Crippen LogP contribution in [0, 0.1) is 0 Å². The summed E-state index contributed by atoms with van der Waals surface area (Å²) in [6.07, 6.45) is 0.891. The van der Waals surface area contributed by atoms with Crippen molar-refractivity contribution in [1.29, 1.82) is 0 Å². The summed E-state index contributed by atoms with van der Waals surface area (Å²) in [4.78, 5) is 0. The van der Waals surface area contributed by atoms with Crippen LogP contribution in [0.5, 0.6) is 0 Å². The fraction of sp³-hybridized carbons (Fsp3) is 0.294. The van der Waals surface area contributed by atoms with Crippen LogP contribution in [-0.2, 0) is 21.7 Å². The minimum absolute atomic E-state index is 0.297. The first kappa shape index (κ1) is 13.4. The predicted octanol–water partition coefficient (Wildman–Crippen LogP) is 2.49. The van der Waals surface area contributed by atoms with Crippen LogP contribution in [0.1, 0.15) is 16.7 Å². The van der Waals surface area contributed by atoms with Crippen molar-refractivity contribution in [2.24, 2.45) is 0 Å². The van der Waals surface area contributed by atoms with E-state index in [2.05, 4.69) is 30.3 Å². The molecule has 0 bridgehead atoms. The Morgan fingerprint density at radius 2 is 1.67 bits per heavy atom. The smallest absolute Gasteiger partial charge is 0.209 e. The Hall–Kier alpha value is -1.29. The van der Waals surface area contributed by atoms with Gasteiger partial charge in [-0.15, -0.1) is 11.6 Å². The van der Waals surface area contributed by atoms with E-state index in [0.717, 1.165) is 17.4 Å². The van der Waals surface area contributed by atoms with Crippen LogP contribution < -0.4 is 5.46 Å². The van der Waals surface area contributed by atoms with Gasteiger partial charge in [0.15, 0.2) is 0 Å². The molecule has 1 fully saturated rings. The summed E-state index contributed by atoms with van der Waals surface area (Å²) in [5.41, 5.74) is 6.87. The van der Waals surface area contributed by atoms with Crippen molar-refractivity contribution in [1.82, 2.24) is 0 Å². The average Bonchev–Trinajstić information content (AvgIpc) is 3.10. The van der Waals surface area contributed by atoms with Crippen molar-refractivity contribution < 1.29 is 9.47 Å². The maximum Gasteiger partial charge on any atom is 0.209 e. The molecule has 1 aliphatic heterocycles. The first-order valence-corrected chi connectivity index (χ1v) is 7.61. The molecule has 0 aromatic heterocycles. The van der Waals surface area contributed by atoms with Crippen molar-refractivity contribution in [3.05, 3.63) is 53.1 Å². The van der Waals surface area contributed by atoms with Crippen molar-refractivity contribution in [2.75, 3.05) is 19.1 Å². The van der Waals surface area contributed by atoms with E-state index < -0.39 is 5.79 Å². The molecule has 21 heavy (non-hydrogen) atoms. The molecule has 4 rings (SSSR count). The van der Waals surface area contributed by atoms with Crippen LogP contribution >= 0.6 is 11.6 Å². The minimum Gasteiger partial charge on any atom is -0.342 e. The molecule has 0 amide bonds. The zero-order valence-electron chi connectivity index (χ0n) is 11.6. The topological polar surface area (TPSA) is 18.5 Å². The molecule has 1 heterocycles. The maximum atomic E-state index is 6.09. The second-order valence-corrected chi connectivity index (χ2v) is 5.82. The van der Waals surface area contributed by atoms with E-state index >= 15 is 0 Å². The third-order valence-corrected chi connectivity index (χ3v) is 4.63. The molecule has 2 nitrogen and oxygen atoms in total. The monoisotopic (exact) mass is 296 g/mol. The molecule has 0 N–H and O–H groups in total. The van der Waals surface area contributed by atoms with Crippen molar-refractivity contribution in [2.45, 2.75) is 12.2 Å². The number of benzene rings is 2. The number of rotatable bonds is 2. The lowest BCUT2D eigenvalue weighted by Crippen LogP contribution is -2.29. The zero-order chi connectivity index (χ0) is 14.4. The van der Waals surface area contributed by atoms with Crippen molar-refractivity contribution >= 4 is 24.9 Å². The number of ether oxygens (including phenoxy) is 2. The highest BCUT2D eigenvalue weighted by atomic mass is 35.5. The molecule has 2 aliphatic rings. The molecule has 104 valence electrons. The summed E-state index contributed by atoms with van der Waals surface area (Å²) in [6.45, 7) is 1.17. The van der Waals surface area contributed by atoms with E-state index in [1.54, 1.807) is 0 Å². The van der Waals surface area contributed by atoms with Crippen molar-refractivity contribution in [3.8, 4) is 11.1 Å². The number of alkyl halides is 1. The molecule has 1 saturated heterocycles. The van der Waals surface area contributed by atoms with Gasteiger partial charge in [0, 0.05) is 5.56 Å². The predicted molar refractivity (Wildman–Crippen MR) is 84.4 cm³/mol. The Labute approximate surface area is 130 Å². The van der Waals surface area contributed by atoms with E-state index in [1.165, 1.54) is 22.3 Å². The Balaban J connectivity index is 1.78. The Bertz CT molecular complexity index is 708. The molecule has 0 atom stereocenters. The quantitative estimate of drug-likeness (QED) is 0.534. The summed E-state index contributed by atoms with van der Waals surface area (Å²) in [7, 11) is 5.88. The molecule has 2 aromatic carbocycles. The van der Waals surface area contributed by atoms with Crippen molar-refractivity contribution in [3.63, 3.8) is 0 Å². The molecule has 0 unspecified atom stereocenters. The van der Waals surface area contributed by atoms with Crippen LogP contribution in [0.15, 0.2) is 36.4 Å². The third kappa shape index (κ3) is 2.03. The van der Waals surface area contributed by atoms with Crippen LogP contribution in [0.25, 0.3) is 11.1 Å². The zero-order valence-corrected chi connectivity index (χ0v) is 12.3. The van der Waals surface area contributed by atoms with Gasteiger partial charge in [-0.05, 0) is 34.7 Å². The van der Waals surface area contributed by atoms with Crippen LogP contribution in [0.2, 0.25) is 0 Å². The van der Waals surface area contributed by atoms with Gasteiger partial charge in [-0.1, -0.05) is 35.8 Å². The third-order valence-electron chi connectivity index (χ3n) is 4.28. The van der Waals surface area contributed by atoms with Gasteiger partial charge in [-0.2, -0.15) is 0 Å². The minimum atomic E-state index is -0.787. The van der Waals surface area contributed by atoms with E-state index in [0.29, 0.717) is 19.1 Å². The van der Waals surface area contributed by atoms with E-state index in [1.807, 2.05) is 6.07 Å². The van der Waals surface area contributed by atoms with E-state index in [-0.39, 0.29) is 0 Å². The van der Waals surface area contributed by atoms with Crippen LogP contribution in [0.3, 0.4) is 0 Å². The molecule has 2 radical (unpaired) electrons. The standard InChI is InChI=1S/C17H14BClO2/c18-14-2-4-16-12(9-14)7-11-8-13(1-3-15(11)16)17(10-19)20-5-6-21-17/h1-4,8-9H,5-7,10H2. The normalized spacial score (nSPS) is 18.5. The average molecular weight is 297 g/mol. The second-order valence-electron chi connectivity index (χ2n) is 5.55. The van der Waals surface area contributed by atoms with Gasteiger partial charge < -0.3 is 9.47 Å². The Morgan fingerprint density at radius 3 is 2.38 bits per heavy atom. The maximum absolute atomic E-state index is 6.09. The Kier molecular flexibility index (Phi) is 3.11. The van der Waals surface area contributed by atoms with Gasteiger partial charge in [0.25, 0.3) is 0 Å². The lowest BCUT2D eigenvalue weighted by Gasteiger charge is -2.25. The van der Waals surface area contributed by atoms with Gasteiger partial charge in [-0.3, -0.25) is 0 Å². The summed E-state index contributed by atoms with van der Waals surface area (Å²) < 4.78 is 11.5. The highest BCUT2D eigenvalue weighted by Gasteiger charge is 2.38. The summed E-state index contributed by atoms with van der Waals surface area (Å²) >= 11 is 6.09.